The topological polar surface area (TPSA) is 103 Å². The average Bonchev–Trinajstić information content (AvgIpc) is 2.84. The Morgan fingerprint density at radius 1 is 0.941 bits per heavy atom. The number of benzene rings is 2. The Labute approximate surface area is 201 Å². The van der Waals surface area contributed by atoms with Crippen LogP contribution >= 0.6 is 0 Å². The molecule has 1 fully saturated rings. The van der Waals surface area contributed by atoms with E-state index < -0.39 is 10.0 Å². The van der Waals surface area contributed by atoms with Gasteiger partial charge in [0.25, 0.3) is 0 Å². The van der Waals surface area contributed by atoms with Crippen molar-refractivity contribution in [2.75, 3.05) is 46.3 Å². The third-order valence-electron chi connectivity index (χ3n) is 5.55. The number of nitrogens with one attached hydrogen (secondary N) is 1. The van der Waals surface area contributed by atoms with E-state index >= 15 is 0 Å². The fraction of sp³-hybridized carbons (Fsp3) is 0.458. The molecule has 0 aliphatic carbocycles. The number of nitrogens with zero attached hydrogens (tertiary/aromatic N) is 1. The highest BCUT2D eigenvalue weighted by molar-refractivity contribution is 7.89. The standard InChI is InChI=1S/C24H32N2O7S/c1-5-33-19-10-9-18(16-22(19)34(28,29)26-11-7-6-8-12-26)25-23(27)15-17-13-20(30-2)24(32-4)21(14-17)31-3/h9-10,13-14,16H,5-8,11-12,15H2,1-4H3,(H,25,27). The second-order valence-electron chi connectivity index (χ2n) is 7.82. The first-order valence-electron chi connectivity index (χ1n) is 11.2. The van der Waals surface area contributed by atoms with Crippen molar-refractivity contribution in [2.24, 2.45) is 0 Å². The van der Waals surface area contributed by atoms with Crippen molar-refractivity contribution in [1.82, 2.24) is 4.31 Å². The van der Waals surface area contributed by atoms with Crippen LogP contribution in [-0.4, -0.2) is 59.7 Å². The van der Waals surface area contributed by atoms with Crippen molar-refractivity contribution < 1.29 is 32.2 Å². The van der Waals surface area contributed by atoms with Crippen molar-refractivity contribution in [3.8, 4) is 23.0 Å². The normalized spacial score (nSPS) is 14.4. The lowest BCUT2D eigenvalue weighted by atomic mass is 10.1. The van der Waals surface area contributed by atoms with Gasteiger partial charge in [0, 0.05) is 18.8 Å². The first-order valence-corrected chi connectivity index (χ1v) is 12.6. The molecule has 0 bridgehead atoms. The molecule has 186 valence electrons. The molecular weight excluding hydrogens is 460 g/mol. The van der Waals surface area contributed by atoms with E-state index in [1.54, 1.807) is 31.2 Å². The van der Waals surface area contributed by atoms with Gasteiger partial charge in [-0.2, -0.15) is 4.31 Å². The summed E-state index contributed by atoms with van der Waals surface area (Å²) < 4.78 is 49.7. The summed E-state index contributed by atoms with van der Waals surface area (Å²) in [5.41, 5.74) is 1.02. The monoisotopic (exact) mass is 492 g/mol. The summed E-state index contributed by atoms with van der Waals surface area (Å²) in [5.74, 6) is 1.28. The maximum absolute atomic E-state index is 13.3. The first-order chi connectivity index (χ1) is 16.3. The molecule has 1 saturated heterocycles. The Morgan fingerprint density at radius 3 is 2.15 bits per heavy atom. The van der Waals surface area contributed by atoms with Crippen LogP contribution < -0.4 is 24.3 Å². The maximum Gasteiger partial charge on any atom is 0.246 e. The van der Waals surface area contributed by atoms with Crippen LogP contribution in [0.3, 0.4) is 0 Å². The van der Waals surface area contributed by atoms with E-state index in [0.29, 0.717) is 48.2 Å². The van der Waals surface area contributed by atoms with Gasteiger partial charge in [-0.05, 0) is 55.7 Å². The summed E-state index contributed by atoms with van der Waals surface area (Å²) >= 11 is 0. The Balaban J connectivity index is 1.84. The number of hydrogen-bond donors (Lipinski definition) is 1. The van der Waals surface area contributed by atoms with E-state index in [-0.39, 0.29) is 23.0 Å². The molecule has 0 saturated carbocycles. The molecule has 1 aliphatic rings. The number of amides is 1. The molecule has 3 rings (SSSR count). The molecule has 1 aliphatic heterocycles. The van der Waals surface area contributed by atoms with E-state index in [2.05, 4.69) is 5.32 Å². The van der Waals surface area contributed by atoms with Gasteiger partial charge in [0.05, 0.1) is 34.4 Å². The number of rotatable bonds is 10. The molecule has 2 aromatic carbocycles. The number of piperidine rings is 1. The number of methoxy groups -OCH3 is 3. The Morgan fingerprint density at radius 2 is 1.59 bits per heavy atom. The summed E-state index contributed by atoms with van der Waals surface area (Å²) in [5, 5.41) is 2.79. The van der Waals surface area contributed by atoms with Crippen molar-refractivity contribution in [3.63, 3.8) is 0 Å². The minimum Gasteiger partial charge on any atom is -0.493 e. The molecule has 9 nitrogen and oxygen atoms in total. The van der Waals surface area contributed by atoms with Crippen molar-refractivity contribution >= 4 is 21.6 Å². The average molecular weight is 493 g/mol. The van der Waals surface area contributed by atoms with E-state index in [1.165, 1.54) is 31.7 Å². The van der Waals surface area contributed by atoms with E-state index in [4.69, 9.17) is 18.9 Å². The van der Waals surface area contributed by atoms with Crippen LogP contribution in [0.25, 0.3) is 0 Å². The lowest BCUT2D eigenvalue weighted by Gasteiger charge is -2.27. The van der Waals surface area contributed by atoms with Gasteiger partial charge in [0.15, 0.2) is 11.5 Å². The highest BCUT2D eigenvalue weighted by atomic mass is 32.2. The van der Waals surface area contributed by atoms with Crippen molar-refractivity contribution in [1.29, 1.82) is 0 Å². The molecule has 0 spiro atoms. The molecule has 0 radical (unpaired) electrons. The van der Waals surface area contributed by atoms with Crippen LogP contribution in [0.5, 0.6) is 23.0 Å². The van der Waals surface area contributed by atoms with Gasteiger partial charge < -0.3 is 24.3 Å². The van der Waals surface area contributed by atoms with Gasteiger partial charge in [-0.3, -0.25) is 4.79 Å². The number of carbonyl (C=O) groups is 1. The van der Waals surface area contributed by atoms with Gasteiger partial charge in [-0.1, -0.05) is 6.42 Å². The maximum atomic E-state index is 13.3. The lowest BCUT2D eigenvalue weighted by molar-refractivity contribution is -0.115. The number of anilines is 1. The van der Waals surface area contributed by atoms with Crippen LogP contribution in [0.15, 0.2) is 35.2 Å². The zero-order chi connectivity index (χ0) is 24.7. The highest BCUT2D eigenvalue weighted by Crippen LogP contribution is 2.38. The molecule has 0 aromatic heterocycles. The Hall–Kier alpha value is -2.98. The van der Waals surface area contributed by atoms with Gasteiger partial charge in [-0.15, -0.1) is 0 Å². The van der Waals surface area contributed by atoms with E-state index in [9.17, 15) is 13.2 Å². The van der Waals surface area contributed by atoms with Gasteiger partial charge in [-0.25, -0.2) is 8.42 Å². The largest absolute Gasteiger partial charge is 0.493 e. The van der Waals surface area contributed by atoms with Gasteiger partial charge in [0.2, 0.25) is 21.7 Å². The van der Waals surface area contributed by atoms with Crippen LogP contribution in [0, 0.1) is 0 Å². The summed E-state index contributed by atoms with van der Waals surface area (Å²) in [6.45, 7) is 3.08. The molecule has 1 heterocycles. The van der Waals surface area contributed by atoms with Crippen LogP contribution in [0.2, 0.25) is 0 Å². The third kappa shape index (κ3) is 5.74. The minimum absolute atomic E-state index is 0.0259. The summed E-state index contributed by atoms with van der Waals surface area (Å²) in [7, 11) is 0.771. The van der Waals surface area contributed by atoms with Crippen molar-refractivity contribution in [2.45, 2.75) is 37.5 Å². The predicted octanol–water partition coefficient (Wildman–Crippen LogP) is 3.47. The number of carbonyl (C=O) groups excluding carboxylic acids is 1. The molecule has 2 aromatic rings. The fourth-order valence-corrected chi connectivity index (χ4v) is 5.61. The minimum atomic E-state index is -3.75. The molecule has 10 heteroatoms. The van der Waals surface area contributed by atoms with Gasteiger partial charge >= 0.3 is 0 Å². The number of hydrogen-bond acceptors (Lipinski definition) is 7. The number of ether oxygens (including phenoxy) is 4. The SMILES string of the molecule is CCOc1ccc(NC(=O)Cc2cc(OC)c(OC)c(OC)c2)cc1S(=O)(=O)N1CCCCC1. The Kier molecular flexibility index (Phi) is 8.62. The third-order valence-corrected chi connectivity index (χ3v) is 7.47. The second kappa shape index (κ2) is 11.4. The highest BCUT2D eigenvalue weighted by Gasteiger charge is 2.29. The summed E-state index contributed by atoms with van der Waals surface area (Å²) in [6.07, 6.45) is 2.70. The number of sulfonamides is 1. The zero-order valence-electron chi connectivity index (χ0n) is 20.0. The molecule has 1 N–H and O–H groups in total. The van der Waals surface area contributed by atoms with Gasteiger partial charge in [0.1, 0.15) is 10.6 Å². The second-order valence-corrected chi connectivity index (χ2v) is 9.72. The van der Waals surface area contributed by atoms with Crippen LogP contribution in [0.1, 0.15) is 31.7 Å². The van der Waals surface area contributed by atoms with Crippen LogP contribution in [0.4, 0.5) is 5.69 Å². The first kappa shape index (κ1) is 25.6. The molecule has 0 atom stereocenters. The summed E-state index contributed by atoms with van der Waals surface area (Å²) in [6, 6.07) is 8.07. The molecule has 34 heavy (non-hydrogen) atoms. The molecule has 1 amide bonds. The summed E-state index contributed by atoms with van der Waals surface area (Å²) in [4.78, 5) is 12.9. The molecular formula is C24H32N2O7S. The molecule has 0 unspecified atom stereocenters. The van der Waals surface area contributed by atoms with E-state index in [0.717, 1.165) is 19.3 Å². The quantitative estimate of drug-likeness (QED) is 0.542. The predicted molar refractivity (Wildman–Crippen MR) is 129 cm³/mol. The smallest absolute Gasteiger partial charge is 0.246 e. The Bertz CT molecular complexity index is 1090. The fourth-order valence-electron chi connectivity index (χ4n) is 3.93. The zero-order valence-corrected chi connectivity index (χ0v) is 20.9. The van der Waals surface area contributed by atoms with E-state index in [1.807, 2.05) is 0 Å². The van der Waals surface area contributed by atoms with Crippen LogP contribution in [-0.2, 0) is 21.2 Å². The lowest BCUT2D eigenvalue weighted by Crippen LogP contribution is -2.35. The van der Waals surface area contributed by atoms with Crippen molar-refractivity contribution in [3.05, 3.63) is 35.9 Å².